The molecular weight excluding hydrogens is 506 g/mol. The normalized spacial score (nSPS) is 37.5. The van der Waals surface area contributed by atoms with E-state index in [2.05, 4.69) is 26.8 Å². The molecule has 39 heavy (non-hydrogen) atoms. The monoisotopic (exact) mass is 554 g/mol. The third-order valence-electron chi connectivity index (χ3n) is 9.90. The molecule has 6 atom stereocenters. The highest BCUT2D eigenvalue weighted by Gasteiger charge is 2.72. The van der Waals surface area contributed by atoms with Gasteiger partial charge in [-0.3, -0.25) is 4.90 Å². The summed E-state index contributed by atoms with van der Waals surface area (Å²) >= 11 is 0. The highest BCUT2D eigenvalue weighted by Crippen LogP contribution is 2.59. The number of epoxide rings is 2. The standard InChI is InChI=1S/C30H48F2N2O5/c1-20(2)6-9-24-29(4,39-24)26-25(36-5)23(10-13-30(26)19-37-30)38-27(35)34-16-22(17-34)8-7-21-11-14-33(15-12-21)18-28(3,31)32/h6,21-26H,7-19H2,1-5H3/t23?,24-,25?,26?,29+,30?/m1/s1. The smallest absolute Gasteiger partial charge is 0.410 e. The number of hydrogen-bond acceptors (Lipinski definition) is 6. The van der Waals surface area contributed by atoms with Gasteiger partial charge in [0.1, 0.15) is 23.4 Å². The van der Waals surface area contributed by atoms with E-state index in [1.807, 2.05) is 9.80 Å². The lowest BCUT2D eigenvalue weighted by Crippen LogP contribution is -2.57. The quantitative estimate of drug-likeness (QED) is 0.271. The molecule has 1 spiro atoms. The van der Waals surface area contributed by atoms with E-state index in [-0.39, 0.29) is 48.1 Å². The van der Waals surface area contributed by atoms with Gasteiger partial charge in [0.2, 0.25) is 0 Å². The molecule has 1 saturated carbocycles. The summed E-state index contributed by atoms with van der Waals surface area (Å²) in [5.41, 5.74) is 0.707. The fourth-order valence-corrected chi connectivity index (χ4v) is 7.47. The molecule has 0 bridgehead atoms. The van der Waals surface area contributed by atoms with Crippen molar-refractivity contribution in [2.24, 2.45) is 17.8 Å². The summed E-state index contributed by atoms with van der Waals surface area (Å²) in [4.78, 5) is 16.8. The lowest BCUT2D eigenvalue weighted by Gasteiger charge is -2.44. The van der Waals surface area contributed by atoms with Crippen LogP contribution in [0, 0.1) is 17.8 Å². The average molecular weight is 555 g/mol. The van der Waals surface area contributed by atoms with Crippen LogP contribution in [0.1, 0.15) is 72.6 Å². The number of piperidine rings is 1. The van der Waals surface area contributed by atoms with Crippen LogP contribution in [-0.2, 0) is 18.9 Å². The molecule has 4 saturated heterocycles. The van der Waals surface area contributed by atoms with Gasteiger partial charge in [0.05, 0.1) is 25.2 Å². The molecule has 0 radical (unpaired) electrons. The van der Waals surface area contributed by atoms with Crippen LogP contribution in [0.2, 0.25) is 0 Å². The van der Waals surface area contributed by atoms with Crippen molar-refractivity contribution in [1.29, 1.82) is 0 Å². The Bertz CT molecular complexity index is 904. The third-order valence-corrected chi connectivity index (χ3v) is 9.90. The van der Waals surface area contributed by atoms with Gasteiger partial charge in [0.15, 0.2) is 0 Å². The van der Waals surface area contributed by atoms with Gasteiger partial charge in [-0.15, -0.1) is 0 Å². The van der Waals surface area contributed by atoms with Crippen molar-refractivity contribution in [3.63, 3.8) is 0 Å². The van der Waals surface area contributed by atoms with E-state index in [0.717, 1.165) is 78.0 Å². The van der Waals surface area contributed by atoms with Crippen molar-refractivity contribution in [2.45, 2.75) is 108 Å². The van der Waals surface area contributed by atoms with E-state index in [1.54, 1.807) is 7.11 Å². The number of halogens is 2. The minimum atomic E-state index is -2.62. The van der Waals surface area contributed by atoms with Crippen molar-refractivity contribution in [2.75, 3.05) is 46.4 Å². The maximum atomic E-state index is 13.3. The van der Waals surface area contributed by atoms with Crippen LogP contribution < -0.4 is 0 Å². The number of nitrogens with zero attached hydrogens (tertiary/aromatic N) is 2. The second kappa shape index (κ2) is 11.2. The summed E-state index contributed by atoms with van der Waals surface area (Å²) in [6.45, 7) is 10.9. The molecule has 0 aromatic carbocycles. The van der Waals surface area contributed by atoms with E-state index in [0.29, 0.717) is 18.4 Å². The molecule has 9 heteroatoms. The minimum absolute atomic E-state index is 0.0243. The van der Waals surface area contributed by atoms with Gasteiger partial charge in [-0.2, -0.15) is 0 Å². The summed E-state index contributed by atoms with van der Waals surface area (Å²) in [5, 5.41) is 0. The van der Waals surface area contributed by atoms with Gasteiger partial charge < -0.3 is 23.8 Å². The first kappa shape index (κ1) is 29.2. The first-order valence-corrected chi connectivity index (χ1v) is 15.0. The van der Waals surface area contributed by atoms with Crippen LogP contribution in [0.4, 0.5) is 13.6 Å². The molecule has 222 valence electrons. The first-order chi connectivity index (χ1) is 18.4. The number of allylic oxidation sites excluding steroid dienone is 1. The molecular formula is C30H48F2N2O5. The lowest BCUT2D eigenvalue weighted by molar-refractivity contribution is -0.124. The summed E-state index contributed by atoms with van der Waals surface area (Å²) in [6, 6.07) is 0. The molecule has 4 heterocycles. The van der Waals surface area contributed by atoms with Crippen LogP contribution in [0.15, 0.2) is 11.6 Å². The Morgan fingerprint density at radius 2 is 1.79 bits per heavy atom. The predicted octanol–water partition coefficient (Wildman–Crippen LogP) is 5.28. The Morgan fingerprint density at radius 1 is 1.13 bits per heavy atom. The molecule has 4 aliphatic heterocycles. The van der Waals surface area contributed by atoms with Crippen molar-refractivity contribution < 1.29 is 32.5 Å². The van der Waals surface area contributed by atoms with Gasteiger partial charge in [0.25, 0.3) is 5.92 Å². The van der Waals surface area contributed by atoms with E-state index in [9.17, 15) is 13.6 Å². The number of rotatable bonds is 10. The maximum Gasteiger partial charge on any atom is 0.410 e. The molecule has 5 aliphatic rings. The van der Waals surface area contributed by atoms with Gasteiger partial charge >= 0.3 is 6.09 Å². The highest BCUT2D eigenvalue weighted by atomic mass is 19.3. The summed E-state index contributed by atoms with van der Waals surface area (Å²) in [5.74, 6) is -1.51. The summed E-state index contributed by atoms with van der Waals surface area (Å²) < 4.78 is 50.9. The Balaban J connectivity index is 1.06. The summed E-state index contributed by atoms with van der Waals surface area (Å²) in [6.07, 6.45) is 8.12. The Hall–Kier alpha value is -1.29. The molecule has 1 aliphatic carbocycles. The molecule has 5 rings (SSSR count). The Labute approximate surface area is 232 Å². The van der Waals surface area contributed by atoms with E-state index >= 15 is 0 Å². The highest BCUT2D eigenvalue weighted by molar-refractivity contribution is 5.69. The number of hydrogen-bond donors (Lipinski definition) is 0. The zero-order valence-corrected chi connectivity index (χ0v) is 24.4. The molecule has 0 aromatic rings. The van der Waals surface area contributed by atoms with Gasteiger partial charge in [-0.05, 0) is 90.6 Å². The van der Waals surface area contributed by atoms with Crippen LogP contribution in [0.25, 0.3) is 0 Å². The fraction of sp³-hybridized carbons (Fsp3) is 0.900. The maximum absolute atomic E-state index is 13.3. The lowest BCUT2D eigenvalue weighted by atomic mass is 9.68. The van der Waals surface area contributed by atoms with E-state index in [1.165, 1.54) is 5.57 Å². The fourth-order valence-electron chi connectivity index (χ4n) is 7.47. The average Bonchev–Trinajstić information content (AvgIpc) is 3.75. The second-order valence-corrected chi connectivity index (χ2v) is 13.4. The molecule has 7 nitrogen and oxygen atoms in total. The van der Waals surface area contributed by atoms with Crippen LogP contribution in [0.5, 0.6) is 0 Å². The number of ether oxygens (including phenoxy) is 4. The first-order valence-electron chi connectivity index (χ1n) is 15.0. The molecule has 5 fully saturated rings. The SMILES string of the molecule is COC1C(OC(=O)N2CC(CCC3CCN(CC(C)(F)F)CC3)C2)CCC2(CO2)C1[C@@]1(C)O[C@@H]1CC=C(C)C. The summed E-state index contributed by atoms with van der Waals surface area (Å²) in [7, 11) is 1.70. The van der Waals surface area contributed by atoms with Gasteiger partial charge in [-0.25, -0.2) is 13.6 Å². The van der Waals surface area contributed by atoms with Crippen molar-refractivity contribution in [1.82, 2.24) is 9.80 Å². The zero-order chi connectivity index (χ0) is 28.0. The molecule has 0 N–H and O–H groups in total. The Morgan fingerprint density at radius 3 is 2.38 bits per heavy atom. The topological polar surface area (TPSA) is 67.1 Å². The molecule has 0 aromatic heterocycles. The number of methoxy groups -OCH3 is 1. The Kier molecular flexibility index (Phi) is 8.37. The van der Waals surface area contributed by atoms with E-state index in [4.69, 9.17) is 18.9 Å². The number of carbonyl (C=O) groups excluding carboxylic acids is 1. The van der Waals surface area contributed by atoms with Crippen molar-refractivity contribution in [3.05, 3.63) is 11.6 Å². The zero-order valence-electron chi connectivity index (χ0n) is 24.4. The number of likely N-dealkylation sites (tertiary alicyclic amines) is 2. The number of carbonyl (C=O) groups is 1. The second-order valence-electron chi connectivity index (χ2n) is 13.4. The molecule has 1 amide bonds. The predicted molar refractivity (Wildman–Crippen MR) is 144 cm³/mol. The van der Waals surface area contributed by atoms with Crippen LogP contribution >= 0.6 is 0 Å². The van der Waals surface area contributed by atoms with Crippen LogP contribution in [-0.4, -0.2) is 97.8 Å². The van der Waals surface area contributed by atoms with Gasteiger partial charge in [-0.1, -0.05) is 11.6 Å². The number of amides is 1. The van der Waals surface area contributed by atoms with Gasteiger partial charge in [0, 0.05) is 27.1 Å². The van der Waals surface area contributed by atoms with Crippen molar-refractivity contribution in [3.8, 4) is 0 Å². The third kappa shape index (κ3) is 6.62. The van der Waals surface area contributed by atoms with Crippen molar-refractivity contribution >= 4 is 6.09 Å². The largest absolute Gasteiger partial charge is 0.443 e. The number of alkyl halides is 2. The van der Waals surface area contributed by atoms with Crippen LogP contribution in [0.3, 0.4) is 0 Å². The van der Waals surface area contributed by atoms with E-state index < -0.39 is 5.92 Å². The minimum Gasteiger partial charge on any atom is -0.443 e. The molecule has 4 unspecified atom stereocenters.